The Kier molecular flexibility index (Phi) is 9.81. The Morgan fingerprint density at radius 1 is 1.23 bits per heavy atom. The van der Waals surface area contributed by atoms with Crippen molar-refractivity contribution in [2.45, 2.75) is 37.4 Å². The van der Waals surface area contributed by atoms with E-state index in [2.05, 4.69) is 15.0 Å². The number of nitrogens with zero attached hydrogens (tertiary/aromatic N) is 4. The van der Waals surface area contributed by atoms with Crippen LogP contribution in [0.1, 0.15) is 19.4 Å². The van der Waals surface area contributed by atoms with Crippen molar-refractivity contribution >= 4 is 33.3 Å². The van der Waals surface area contributed by atoms with Crippen LogP contribution >= 0.6 is 0 Å². The van der Waals surface area contributed by atoms with Crippen molar-refractivity contribution in [1.29, 1.82) is 0 Å². The Morgan fingerprint density at radius 3 is 2.56 bits per heavy atom. The number of nitrogens with one attached hydrogen (secondary N) is 2. The van der Waals surface area contributed by atoms with Gasteiger partial charge in [0.2, 0.25) is 5.91 Å². The molecule has 3 N–H and O–H groups in total. The molecule has 3 atom stereocenters. The zero-order valence-electron chi connectivity index (χ0n) is 24.9. The summed E-state index contributed by atoms with van der Waals surface area (Å²) in [6, 6.07) is 10.9. The highest BCUT2D eigenvalue weighted by Crippen LogP contribution is 2.30. The first-order valence-corrected chi connectivity index (χ1v) is 15.2. The highest BCUT2D eigenvalue weighted by Gasteiger charge is 2.32. The Labute approximate surface area is 251 Å². The van der Waals surface area contributed by atoms with E-state index in [-0.39, 0.29) is 54.7 Å². The van der Waals surface area contributed by atoms with Gasteiger partial charge in [0, 0.05) is 49.7 Å². The summed E-state index contributed by atoms with van der Waals surface area (Å²) in [6.07, 6.45) is 2.15. The average molecular weight is 615 g/mol. The molecule has 0 fully saturated rings. The van der Waals surface area contributed by atoms with Crippen LogP contribution in [0.5, 0.6) is 11.5 Å². The minimum atomic E-state index is -3.97. The molecule has 3 amide bonds. The van der Waals surface area contributed by atoms with Crippen molar-refractivity contribution in [3.63, 3.8) is 0 Å². The predicted molar refractivity (Wildman–Crippen MR) is 161 cm³/mol. The van der Waals surface area contributed by atoms with Gasteiger partial charge in [-0.15, -0.1) is 0 Å². The second-order valence-corrected chi connectivity index (χ2v) is 12.4. The van der Waals surface area contributed by atoms with E-state index in [4.69, 9.17) is 9.47 Å². The molecule has 0 saturated heterocycles. The molecule has 232 valence electrons. The van der Waals surface area contributed by atoms with E-state index in [0.29, 0.717) is 22.7 Å². The summed E-state index contributed by atoms with van der Waals surface area (Å²) in [7, 11) is 0.913. The van der Waals surface area contributed by atoms with Gasteiger partial charge in [0.1, 0.15) is 17.6 Å². The molecule has 1 aliphatic heterocycles. The lowest BCUT2D eigenvalue weighted by Gasteiger charge is -2.34. The van der Waals surface area contributed by atoms with E-state index in [1.807, 2.05) is 6.92 Å². The molecule has 0 saturated carbocycles. The van der Waals surface area contributed by atoms with Gasteiger partial charge < -0.3 is 34.3 Å². The lowest BCUT2D eigenvalue weighted by Crippen LogP contribution is -2.48. The van der Waals surface area contributed by atoms with E-state index >= 15 is 0 Å². The van der Waals surface area contributed by atoms with Gasteiger partial charge in [-0.2, -0.15) is 8.42 Å². The topological polar surface area (TPSA) is 155 Å². The number of fused-ring (bicyclic) bond motifs is 1. The number of carbonyl (C=O) groups is 2. The second kappa shape index (κ2) is 13.3. The molecule has 0 unspecified atom stereocenters. The number of amides is 3. The zero-order chi connectivity index (χ0) is 31.3. The third-order valence-electron chi connectivity index (χ3n) is 7.27. The van der Waals surface area contributed by atoms with Crippen molar-refractivity contribution < 1.29 is 32.6 Å². The van der Waals surface area contributed by atoms with E-state index in [1.54, 1.807) is 75.5 Å². The van der Waals surface area contributed by atoms with Crippen LogP contribution in [0.4, 0.5) is 16.2 Å². The maximum atomic E-state index is 13.5. The van der Waals surface area contributed by atoms with Crippen LogP contribution in [-0.4, -0.2) is 90.8 Å². The normalized spacial score (nSPS) is 17.9. The van der Waals surface area contributed by atoms with E-state index in [1.165, 1.54) is 22.0 Å². The first-order valence-electron chi connectivity index (χ1n) is 13.8. The molecule has 0 radical (unpaired) electrons. The summed E-state index contributed by atoms with van der Waals surface area (Å²) >= 11 is 0. The third-order valence-corrected chi connectivity index (χ3v) is 8.53. The zero-order valence-corrected chi connectivity index (χ0v) is 25.7. The maximum Gasteiger partial charge on any atom is 0.321 e. The molecule has 13 nitrogen and oxygen atoms in total. The number of aryl methyl sites for hydroxylation is 1. The van der Waals surface area contributed by atoms with Gasteiger partial charge in [-0.05, 0) is 49.4 Å². The molecule has 1 aromatic heterocycles. The number of aliphatic hydroxyl groups excluding tert-OH is 1. The molecule has 0 spiro atoms. The lowest BCUT2D eigenvalue weighted by molar-refractivity contribution is -0.134. The Bertz CT molecular complexity index is 1540. The molecule has 43 heavy (non-hydrogen) atoms. The summed E-state index contributed by atoms with van der Waals surface area (Å²) in [5.41, 5.74) is 1.30. The molecular formula is C29H38N6O7S. The largest absolute Gasteiger partial charge is 0.497 e. The van der Waals surface area contributed by atoms with Crippen LogP contribution in [0.2, 0.25) is 0 Å². The number of hydrogen-bond donors (Lipinski definition) is 3. The first kappa shape index (κ1) is 31.6. The van der Waals surface area contributed by atoms with Crippen LogP contribution in [0.3, 0.4) is 0 Å². The SMILES string of the molecule is COc1ccc(NC(=O)N(C)C[C@H]2Oc3ccc(NS(=O)(=O)c4cn(C)cn4)cc3CC(=O)N([C@H](C)CO)C[C@@H]2C)cc1. The second-order valence-electron chi connectivity index (χ2n) is 10.7. The molecule has 4 rings (SSSR count). The van der Waals surface area contributed by atoms with Crippen molar-refractivity contribution in [1.82, 2.24) is 19.4 Å². The maximum absolute atomic E-state index is 13.5. The number of aromatic nitrogens is 2. The van der Waals surface area contributed by atoms with Crippen LogP contribution < -0.4 is 19.5 Å². The number of methoxy groups -OCH3 is 1. The van der Waals surface area contributed by atoms with Gasteiger partial charge in [-0.25, -0.2) is 9.78 Å². The fourth-order valence-electron chi connectivity index (χ4n) is 4.69. The van der Waals surface area contributed by atoms with E-state index in [0.717, 1.165) is 0 Å². The van der Waals surface area contributed by atoms with Crippen LogP contribution in [0, 0.1) is 5.92 Å². The van der Waals surface area contributed by atoms with Crippen molar-refractivity contribution in [3.8, 4) is 11.5 Å². The highest BCUT2D eigenvalue weighted by atomic mass is 32.2. The van der Waals surface area contributed by atoms with Crippen LogP contribution in [0.15, 0.2) is 60.0 Å². The number of aliphatic hydroxyl groups is 1. The number of rotatable bonds is 9. The fourth-order valence-corrected chi connectivity index (χ4v) is 5.72. The summed E-state index contributed by atoms with van der Waals surface area (Å²) in [4.78, 5) is 33.5. The Hall–Kier alpha value is -4.30. The number of hydrogen-bond acceptors (Lipinski definition) is 8. The molecule has 2 heterocycles. The highest BCUT2D eigenvalue weighted by molar-refractivity contribution is 7.92. The molecule has 1 aliphatic rings. The van der Waals surface area contributed by atoms with Crippen molar-refractivity contribution in [2.24, 2.45) is 13.0 Å². The average Bonchev–Trinajstić information content (AvgIpc) is 3.44. The van der Waals surface area contributed by atoms with Gasteiger partial charge in [0.25, 0.3) is 10.0 Å². The standard InChI is InChI=1S/C29H38N6O7S/c1-19-14-35(20(2)17-36)28(37)13-21-12-23(32-43(39,40)27-16-33(3)18-30-27)8-11-25(21)42-26(19)15-34(4)29(38)31-22-6-9-24(41-5)10-7-22/h6-12,16,18-20,26,32,36H,13-15,17H2,1-5H3,(H,31,38)/t19-,20+,26+/m0/s1. The molecule has 3 aromatic rings. The minimum Gasteiger partial charge on any atom is -0.497 e. The number of ether oxygens (including phenoxy) is 2. The van der Waals surface area contributed by atoms with E-state index < -0.39 is 22.2 Å². The van der Waals surface area contributed by atoms with Crippen molar-refractivity contribution in [2.75, 3.05) is 43.9 Å². The number of imidazole rings is 1. The third kappa shape index (κ3) is 7.76. The molecule has 0 bridgehead atoms. The quantitative estimate of drug-likeness (QED) is 0.332. The van der Waals surface area contributed by atoms with Gasteiger partial charge in [0.15, 0.2) is 5.03 Å². The summed E-state index contributed by atoms with van der Waals surface area (Å²) in [6.45, 7) is 3.92. The summed E-state index contributed by atoms with van der Waals surface area (Å²) in [5.74, 6) is 0.590. The Morgan fingerprint density at radius 2 is 1.93 bits per heavy atom. The fraction of sp³-hybridized carbons (Fsp3) is 0.414. The summed E-state index contributed by atoms with van der Waals surface area (Å²) < 4.78 is 41.4. The Balaban J connectivity index is 1.59. The number of benzene rings is 2. The lowest BCUT2D eigenvalue weighted by atomic mass is 10.0. The monoisotopic (exact) mass is 614 g/mol. The van der Waals surface area contributed by atoms with Crippen LogP contribution in [-0.2, 0) is 28.3 Å². The number of urea groups is 1. The van der Waals surface area contributed by atoms with Crippen molar-refractivity contribution in [3.05, 3.63) is 60.6 Å². The minimum absolute atomic E-state index is 0.0773. The first-order chi connectivity index (χ1) is 20.4. The number of sulfonamides is 1. The van der Waals surface area contributed by atoms with Gasteiger partial charge in [0.05, 0.1) is 39.1 Å². The molecule has 2 aromatic carbocycles. The van der Waals surface area contributed by atoms with Gasteiger partial charge >= 0.3 is 6.03 Å². The smallest absolute Gasteiger partial charge is 0.321 e. The molecular weight excluding hydrogens is 576 g/mol. The van der Waals surface area contributed by atoms with E-state index in [9.17, 15) is 23.1 Å². The van der Waals surface area contributed by atoms with Gasteiger partial charge in [-0.1, -0.05) is 6.92 Å². The van der Waals surface area contributed by atoms with Gasteiger partial charge in [-0.3, -0.25) is 9.52 Å². The number of anilines is 2. The summed E-state index contributed by atoms with van der Waals surface area (Å²) in [5, 5.41) is 12.6. The molecule has 14 heteroatoms. The molecule has 0 aliphatic carbocycles. The number of carbonyl (C=O) groups excluding carboxylic acids is 2. The predicted octanol–water partition coefficient (Wildman–Crippen LogP) is 2.54. The van der Waals surface area contributed by atoms with Crippen LogP contribution in [0.25, 0.3) is 0 Å². The number of likely N-dealkylation sites (N-methyl/N-ethyl adjacent to an activating group) is 1.